The van der Waals surface area contributed by atoms with E-state index < -0.39 is 46.9 Å². The molecule has 1 N–H and O–H groups in total. The number of aromatic nitrogens is 1. The van der Waals surface area contributed by atoms with Gasteiger partial charge in [-0.15, -0.1) is 23.7 Å². The number of nitro groups is 1. The van der Waals surface area contributed by atoms with Gasteiger partial charge in [-0.05, 0) is 70.2 Å². The van der Waals surface area contributed by atoms with E-state index in [0.717, 1.165) is 37.1 Å². The summed E-state index contributed by atoms with van der Waals surface area (Å²) < 4.78 is 16.3. The number of piperidine rings is 1. The maximum Gasteiger partial charge on any atom is 0.514 e. The number of hydrogen-bond donors (Lipinski definition) is 1. The number of nitro benzene ring substituents is 1. The third kappa shape index (κ3) is 12.5. The highest BCUT2D eigenvalue weighted by atomic mass is 32.1. The molecule has 1 aliphatic rings. The predicted octanol–water partition coefficient (Wildman–Crippen LogP) is 6.29. The molecule has 0 saturated carbocycles. The molecule has 2 amide bonds. The van der Waals surface area contributed by atoms with E-state index >= 15 is 0 Å². The molecule has 1 aromatic carbocycles. The first-order valence-electron chi connectivity index (χ1n) is 18.0. The van der Waals surface area contributed by atoms with Crippen molar-refractivity contribution in [3.63, 3.8) is 0 Å². The van der Waals surface area contributed by atoms with Crippen LogP contribution in [0.4, 0.5) is 10.5 Å². The smallest absolute Gasteiger partial charge is 0.461 e. The van der Waals surface area contributed by atoms with Crippen LogP contribution in [0.15, 0.2) is 29.6 Å². The first-order valence-corrected chi connectivity index (χ1v) is 18.8. The molecule has 0 bridgehead atoms. The summed E-state index contributed by atoms with van der Waals surface area (Å²) in [5.41, 5.74) is -0.190. The number of nitrogens with one attached hydrogen (secondary N) is 1. The summed E-state index contributed by atoms with van der Waals surface area (Å²) in [6.45, 7) is 10.2. The number of likely N-dealkylation sites (tertiary alicyclic amines) is 1. The normalized spacial score (nSPS) is 16.8. The van der Waals surface area contributed by atoms with E-state index in [1.165, 1.54) is 34.7 Å². The number of carbonyl (C=O) groups is 4. The minimum atomic E-state index is -1.17. The fourth-order valence-electron chi connectivity index (χ4n) is 5.82. The Morgan fingerprint density at radius 1 is 1.17 bits per heavy atom. The maximum atomic E-state index is 14.7. The average molecular weight is 758 g/mol. The van der Waals surface area contributed by atoms with E-state index in [0.29, 0.717) is 19.3 Å². The standard InChI is InChI=1S/C37H51N5O10S/c1-8-11-14-21-50-41(35(44)32(25(6)9-2)33(43)39-31-15-12-13-20-40(31)7)29(24(4)5)22-30(34-38-28(23-53-34)36(45)49-10-3)52-37(46)51-27-18-16-26(17-19-27)42(47)48/h1,16-19,23-25,29-32H,9-15,20-22H2,2-7H3,(H,39,43)/t25-,29+,30+,31+,32-/m0/s1. The van der Waals surface area contributed by atoms with Crippen molar-refractivity contribution in [2.45, 2.75) is 97.9 Å². The van der Waals surface area contributed by atoms with Gasteiger partial charge in [-0.2, -0.15) is 0 Å². The van der Waals surface area contributed by atoms with Gasteiger partial charge in [0.1, 0.15) is 16.7 Å². The molecule has 0 radical (unpaired) electrons. The van der Waals surface area contributed by atoms with Crippen molar-refractivity contribution in [2.75, 3.05) is 26.8 Å². The van der Waals surface area contributed by atoms with E-state index in [9.17, 15) is 29.3 Å². The Bertz CT molecular complexity index is 1580. The quantitative estimate of drug-likeness (QED) is 0.0322. The van der Waals surface area contributed by atoms with Crippen LogP contribution in [-0.4, -0.2) is 82.8 Å². The van der Waals surface area contributed by atoms with E-state index in [-0.39, 0.29) is 59.8 Å². The number of carbonyl (C=O) groups excluding carboxylic acids is 4. The molecule has 53 heavy (non-hydrogen) atoms. The minimum absolute atomic E-state index is 0.00457. The second-order valence-corrected chi connectivity index (χ2v) is 14.1. The summed E-state index contributed by atoms with van der Waals surface area (Å²) in [5.74, 6) is -0.810. The lowest BCUT2D eigenvalue weighted by atomic mass is 9.88. The fourth-order valence-corrected chi connectivity index (χ4v) is 6.65. The van der Waals surface area contributed by atoms with Crippen LogP contribution in [0.3, 0.4) is 0 Å². The van der Waals surface area contributed by atoms with Crippen molar-refractivity contribution < 1.29 is 43.1 Å². The highest BCUT2D eigenvalue weighted by Gasteiger charge is 2.42. The van der Waals surface area contributed by atoms with Crippen molar-refractivity contribution in [3.05, 3.63) is 50.5 Å². The number of hydrogen-bond acceptors (Lipinski definition) is 13. The zero-order chi connectivity index (χ0) is 39.1. The van der Waals surface area contributed by atoms with Crippen molar-refractivity contribution in [3.8, 4) is 18.1 Å². The van der Waals surface area contributed by atoms with Gasteiger partial charge in [-0.25, -0.2) is 19.6 Å². The van der Waals surface area contributed by atoms with Gasteiger partial charge in [-0.3, -0.25) is 29.4 Å². The highest BCUT2D eigenvalue weighted by molar-refractivity contribution is 7.09. The lowest BCUT2D eigenvalue weighted by Crippen LogP contribution is -2.55. The molecule has 0 aliphatic carbocycles. The number of non-ortho nitro benzene ring substituents is 1. The van der Waals surface area contributed by atoms with Crippen LogP contribution in [0, 0.1) is 40.2 Å². The molecule has 1 aromatic heterocycles. The Kier molecular flexibility index (Phi) is 17.1. The number of rotatable bonds is 19. The zero-order valence-electron chi connectivity index (χ0n) is 31.3. The number of esters is 1. The topological polar surface area (TPSA) is 180 Å². The van der Waals surface area contributed by atoms with E-state index in [4.69, 9.17) is 25.5 Å². The van der Waals surface area contributed by atoms with Gasteiger partial charge in [0.15, 0.2) is 11.8 Å². The monoisotopic (exact) mass is 757 g/mol. The van der Waals surface area contributed by atoms with Gasteiger partial charge in [0.05, 0.1) is 30.3 Å². The van der Waals surface area contributed by atoms with Gasteiger partial charge < -0.3 is 19.5 Å². The van der Waals surface area contributed by atoms with Crippen LogP contribution in [-0.2, 0) is 23.9 Å². The second kappa shape index (κ2) is 21.2. The zero-order valence-corrected chi connectivity index (χ0v) is 32.1. The lowest BCUT2D eigenvalue weighted by Gasteiger charge is -2.38. The molecule has 290 valence electrons. The highest BCUT2D eigenvalue weighted by Crippen LogP contribution is 2.33. The molecule has 15 nitrogen and oxygen atoms in total. The minimum Gasteiger partial charge on any atom is -0.461 e. The molecule has 16 heteroatoms. The van der Waals surface area contributed by atoms with Crippen LogP contribution in [0.5, 0.6) is 5.75 Å². The SMILES string of the molecule is C#CCCCON(C(=O)[C@H](C(=O)N[C@H]1CCCCN1C)[C@@H](C)CC)[C@H](C[C@@H](OC(=O)Oc1ccc([N+](=O)[O-])cc1)c1nc(C(=O)OCC)cs1)C(C)C. The number of nitrogens with zero attached hydrogens (tertiary/aromatic N) is 4. The Morgan fingerprint density at radius 2 is 1.89 bits per heavy atom. The molecule has 1 saturated heterocycles. The first kappa shape index (κ1) is 42.8. The molecule has 0 spiro atoms. The summed E-state index contributed by atoms with van der Waals surface area (Å²) in [4.78, 5) is 77.6. The van der Waals surface area contributed by atoms with E-state index in [1.54, 1.807) is 6.92 Å². The molecule has 1 fully saturated rings. The largest absolute Gasteiger partial charge is 0.514 e. The van der Waals surface area contributed by atoms with Crippen LogP contribution >= 0.6 is 11.3 Å². The molecule has 2 aromatic rings. The van der Waals surface area contributed by atoms with Crippen LogP contribution < -0.4 is 10.1 Å². The van der Waals surface area contributed by atoms with E-state index in [2.05, 4.69) is 21.1 Å². The van der Waals surface area contributed by atoms with Crippen LogP contribution in [0.25, 0.3) is 0 Å². The summed E-state index contributed by atoms with van der Waals surface area (Å²) in [7, 11) is 1.94. The van der Waals surface area contributed by atoms with Gasteiger partial charge in [-0.1, -0.05) is 34.1 Å². The van der Waals surface area contributed by atoms with Gasteiger partial charge >= 0.3 is 12.1 Å². The molecule has 2 heterocycles. The van der Waals surface area contributed by atoms with Gasteiger partial charge in [0.2, 0.25) is 5.91 Å². The maximum absolute atomic E-state index is 14.7. The van der Waals surface area contributed by atoms with Gasteiger partial charge in [0.25, 0.3) is 11.6 Å². The number of amides is 2. The molecular weight excluding hydrogens is 706 g/mol. The summed E-state index contributed by atoms with van der Waals surface area (Å²) in [6, 6.07) is 4.08. The van der Waals surface area contributed by atoms with Crippen molar-refractivity contribution in [1.82, 2.24) is 20.3 Å². The Hall–Kier alpha value is -4.59. The molecule has 5 atom stereocenters. The van der Waals surface area contributed by atoms with Crippen LogP contribution in [0.1, 0.15) is 101 Å². The van der Waals surface area contributed by atoms with Crippen molar-refractivity contribution in [1.29, 1.82) is 0 Å². The Labute approximate surface area is 314 Å². The molecule has 0 unspecified atom stereocenters. The number of thiazole rings is 1. The number of terminal acetylenes is 1. The number of unbranched alkanes of at least 4 members (excludes halogenated alkanes) is 1. The Morgan fingerprint density at radius 3 is 2.49 bits per heavy atom. The summed E-state index contributed by atoms with van der Waals surface area (Å²) >= 11 is 1.05. The fraction of sp³-hybridized carbons (Fsp3) is 0.595. The average Bonchev–Trinajstić information content (AvgIpc) is 3.62. The third-order valence-corrected chi connectivity index (χ3v) is 9.99. The lowest BCUT2D eigenvalue weighted by molar-refractivity contribution is -0.384. The van der Waals surface area contributed by atoms with E-state index in [1.807, 2.05) is 34.7 Å². The summed E-state index contributed by atoms with van der Waals surface area (Å²) in [5, 5.41) is 17.1. The molecule has 3 rings (SSSR count). The van der Waals surface area contributed by atoms with Crippen LogP contribution in [0.2, 0.25) is 0 Å². The van der Waals surface area contributed by atoms with Crippen molar-refractivity contribution >= 4 is 41.0 Å². The molecule has 1 aliphatic heterocycles. The first-order chi connectivity index (χ1) is 25.3. The predicted molar refractivity (Wildman–Crippen MR) is 196 cm³/mol. The third-order valence-electron chi connectivity index (χ3n) is 9.05. The van der Waals surface area contributed by atoms with Crippen molar-refractivity contribution in [2.24, 2.45) is 17.8 Å². The second-order valence-electron chi connectivity index (χ2n) is 13.2. The number of benzene rings is 1. The summed E-state index contributed by atoms with van der Waals surface area (Å²) in [6.07, 6.45) is 7.01. The Balaban J connectivity index is 2.00. The number of hydroxylamine groups is 2. The molecular formula is C37H51N5O10S. The van der Waals surface area contributed by atoms with Gasteiger partial charge in [0, 0.05) is 30.4 Å². The number of ether oxygens (including phenoxy) is 3.